The molecule has 2 N–H and O–H groups in total. The van der Waals surface area contributed by atoms with E-state index in [2.05, 4.69) is 32.3 Å². The van der Waals surface area contributed by atoms with E-state index in [0.29, 0.717) is 0 Å². The molecule has 0 amide bonds. The van der Waals surface area contributed by atoms with Crippen LogP contribution in [0, 0.1) is 5.41 Å². The minimum atomic E-state index is 0.0952. The van der Waals surface area contributed by atoms with E-state index in [1.54, 1.807) is 0 Å². The van der Waals surface area contributed by atoms with Crippen LogP contribution in [0.4, 0.5) is 0 Å². The minimum absolute atomic E-state index is 0.0952. The number of likely N-dealkylation sites (tertiary alicyclic amines) is 1. The van der Waals surface area contributed by atoms with E-state index in [9.17, 15) is 0 Å². The minimum Gasteiger partial charge on any atom is -0.374 e. The molecule has 0 saturated carbocycles. The summed E-state index contributed by atoms with van der Waals surface area (Å²) in [6, 6.07) is 0.0952. The first kappa shape index (κ1) is 9.59. The fourth-order valence-corrected chi connectivity index (χ4v) is 1.30. The van der Waals surface area contributed by atoms with Gasteiger partial charge in [-0.05, 0) is 11.8 Å². The zero-order chi connectivity index (χ0) is 9.35. The van der Waals surface area contributed by atoms with Gasteiger partial charge < -0.3 is 10.6 Å². The normalized spacial score (nSPS) is 20.2. The fourth-order valence-electron chi connectivity index (χ4n) is 1.30. The molecule has 2 nitrogen and oxygen atoms in total. The molecule has 1 aliphatic rings. The standard InChI is InChI=1S/C10H20N2/c1-8(12-6-5-7-12)9(11)10(2,3)4/h9H,1,5-7,11H2,2-4H3. The van der Waals surface area contributed by atoms with Gasteiger partial charge in [0.15, 0.2) is 0 Å². The molecule has 1 atom stereocenters. The summed E-state index contributed by atoms with van der Waals surface area (Å²) in [5.41, 5.74) is 7.30. The van der Waals surface area contributed by atoms with E-state index >= 15 is 0 Å². The molecular formula is C10H20N2. The summed E-state index contributed by atoms with van der Waals surface area (Å²) in [5, 5.41) is 0. The Balaban J connectivity index is 2.51. The summed E-state index contributed by atoms with van der Waals surface area (Å²) in [6.07, 6.45) is 1.29. The zero-order valence-electron chi connectivity index (χ0n) is 8.43. The second-order valence-corrected chi connectivity index (χ2v) is 4.68. The molecule has 1 fully saturated rings. The quantitative estimate of drug-likeness (QED) is 0.678. The van der Waals surface area contributed by atoms with Crippen molar-refractivity contribution in [3.05, 3.63) is 12.3 Å². The number of hydrogen-bond acceptors (Lipinski definition) is 2. The third-order valence-electron chi connectivity index (χ3n) is 2.55. The van der Waals surface area contributed by atoms with Crippen LogP contribution in [0.25, 0.3) is 0 Å². The zero-order valence-corrected chi connectivity index (χ0v) is 8.43. The molecule has 1 rings (SSSR count). The summed E-state index contributed by atoms with van der Waals surface area (Å²) in [5.74, 6) is 0. The highest BCUT2D eigenvalue weighted by atomic mass is 15.2. The van der Waals surface area contributed by atoms with E-state index in [0.717, 1.165) is 18.8 Å². The molecule has 2 heteroatoms. The summed E-state index contributed by atoms with van der Waals surface area (Å²) in [6.45, 7) is 12.8. The van der Waals surface area contributed by atoms with Gasteiger partial charge in [-0.2, -0.15) is 0 Å². The Hall–Kier alpha value is -0.500. The smallest absolute Gasteiger partial charge is 0.0489 e. The average molecular weight is 168 g/mol. The van der Waals surface area contributed by atoms with Crippen LogP contribution in [0.5, 0.6) is 0 Å². The third-order valence-corrected chi connectivity index (χ3v) is 2.55. The van der Waals surface area contributed by atoms with Gasteiger partial charge in [-0.15, -0.1) is 0 Å². The van der Waals surface area contributed by atoms with Crippen molar-refractivity contribution in [1.29, 1.82) is 0 Å². The number of rotatable bonds is 2. The Bertz CT molecular complexity index is 175. The lowest BCUT2D eigenvalue weighted by molar-refractivity contribution is 0.195. The molecule has 1 aliphatic heterocycles. The van der Waals surface area contributed by atoms with Crippen LogP contribution < -0.4 is 5.73 Å². The highest BCUT2D eigenvalue weighted by Gasteiger charge is 2.28. The van der Waals surface area contributed by atoms with Crippen molar-refractivity contribution >= 4 is 0 Å². The molecule has 12 heavy (non-hydrogen) atoms. The van der Waals surface area contributed by atoms with Crippen molar-refractivity contribution in [2.24, 2.45) is 11.1 Å². The predicted molar refractivity (Wildman–Crippen MR) is 52.8 cm³/mol. The Morgan fingerprint density at radius 1 is 1.42 bits per heavy atom. The number of nitrogens with zero attached hydrogens (tertiary/aromatic N) is 1. The van der Waals surface area contributed by atoms with E-state index in [1.165, 1.54) is 6.42 Å². The summed E-state index contributed by atoms with van der Waals surface area (Å²) < 4.78 is 0. The van der Waals surface area contributed by atoms with Crippen LogP contribution in [0.15, 0.2) is 12.3 Å². The molecule has 1 heterocycles. The molecule has 0 aromatic rings. The van der Waals surface area contributed by atoms with Gasteiger partial charge in [0.1, 0.15) is 0 Å². The molecule has 70 valence electrons. The van der Waals surface area contributed by atoms with E-state index < -0.39 is 0 Å². The topological polar surface area (TPSA) is 29.3 Å². The average Bonchev–Trinajstić information content (AvgIpc) is 1.79. The van der Waals surface area contributed by atoms with Crippen LogP contribution in [0.3, 0.4) is 0 Å². The first-order chi connectivity index (χ1) is 5.43. The van der Waals surface area contributed by atoms with Gasteiger partial charge in [0.2, 0.25) is 0 Å². The van der Waals surface area contributed by atoms with Gasteiger partial charge in [-0.25, -0.2) is 0 Å². The Morgan fingerprint density at radius 3 is 2.17 bits per heavy atom. The van der Waals surface area contributed by atoms with Gasteiger partial charge in [0.05, 0.1) is 0 Å². The van der Waals surface area contributed by atoms with Gasteiger partial charge in [0.25, 0.3) is 0 Å². The highest BCUT2D eigenvalue weighted by molar-refractivity contribution is 5.09. The second-order valence-electron chi connectivity index (χ2n) is 4.68. The molecule has 1 saturated heterocycles. The first-order valence-corrected chi connectivity index (χ1v) is 4.62. The Kier molecular flexibility index (Phi) is 2.47. The van der Waals surface area contributed by atoms with Crippen LogP contribution in [0.1, 0.15) is 27.2 Å². The molecule has 0 aromatic heterocycles. The number of hydrogen-bond donors (Lipinski definition) is 1. The van der Waals surface area contributed by atoms with E-state index in [-0.39, 0.29) is 11.5 Å². The Labute approximate surface area is 75.4 Å². The maximum absolute atomic E-state index is 6.06. The second kappa shape index (κ2) is 3.09. The van der Waals surface area contributed by atoms with Gasteiger partial charge in [0, 0.05) is 24.8 Å². The molecule has 0 bridgehead atoms. The van der Waals surface area contributed by atoms with E-state index in [4.69, 9.17) is 5.73 Å². The van der Waals surface area contributed by atoms with Crippen molar-refractivity contribution in [2.75, 3.05) is 13.1 Å². The van der Waals surface area contributed by atoms with Crippen LogP contribution in [-0.2, 0) is 0 Å². The third kappa shape index (κ3) is 1.81. The summed E-state index contributed by atoms with van der Waals surface area (Å²) >= 11 is 0. The van der Waals surface area contributed by atoms with Gasteiger partial charge in [-0.1, -0.05) is 27.4 Å². The van der Waals surface area contributed by atoms with E-state index in [1.807, 2.05) is 0 Å². The lowest BCUT2D eigenvalue weighted by Crippen LogP contribution is -2.47. The molecular weight excluding hydrogens is 148 g/mol. The highest BCUT2D eigenvalue weighted by Crippen LogP contribution is 2.26. The lowest BCUT2D eigenvalue weighted by atomic mass is 9.85. The van der Waals surface area contributed by atoms with Crippen LogP contribution in [-0.4, -0.2) is 24.0 Å². The molecule has 0 radical (unpaired) electrons. The van der Waals surface area contributed by atoms with Crippen molar-refractivity contribution in [2.45, 2.75) is 33.2 Å². The molecule has 0 aromatic carbocycles. The summed E-state index contributed by atoms with van der Waals surface area (Å²) in [4.78, 5) is 2.27. The van der Waals surface area contributed by atoms with Crippen molar-refractivity contribution in [3.63, 3.8) is 0 Å². The van der Waals surface area contributed by atoms with Crippen LogP contribution >= 0.6 is 0 Å². The Morgan fingerprint density at radius 2 is 1.92 bits per heavy atom. The molecule has 1 unspecified atom stereocenters. The van der Waals surface area contributed by atoms with Crippen molar-refractivity contribution in [3.8, 4) is 0 Å². The first-order valence-electron chi connectivity index (χ1n) is 4.62. The fraction of sp³-hybridized carbons (Fsp3) is 0.800. The molecule has 0 spiro atoms. The monoisotopic (exact) mass is 168 g/mol. The van der Waals surface area contributed by atoms with Gasteiger partial charge >= 0.3 is 0 Å². The number of nitrogens with two attached hydrogens (primary N) is 1. The van der Waals surface area contributed by atoms with Gasteiger partial charge in [-0.3, -0.25) is 0 Å². The van der Waals surface area contributed by atoms with Crippen molar-refractivity contribution in [1.82, 2.24) is 4.90 Å². The SMILES string of the molecule is C=C(C(N)C(C)(C)C)N1CCC1. The maximum atomic E-state index is 6.06. The summed E-state index contributed by atoms with van der Waals surface area (Å²) in [7, 11) is 0. The molecule has 0 aliphatic carbocycles. The largest absolute Gasteiger partial charge is 0.374 e. The van der Waals surface area contributed by atoms with Crippen LogP contribution in [0.2, 0.25) is 0 Å². The maximum Gasteiger partial charge on any atom is 0.0489 e. The predicted octanol–water partition coefficient (Wildman–Crippen LogP) is 1.58. The lowest BCUT2D eigenvalue weighted by Gasteiger charge is -2.41. The van der Waals surface area contributed by atoms with Crippen molar-refractivity contribution < 1.29 is 0 Å².